The van der Waals surface area contributed by atoms with Gasteiger partial charge in [-0.05, 0) is 30.2 Å². The largest absolute Gasteiger partial charge is 0.508 e. The van der Waals surface area contributed by atoms with Gasteiger partial charge in [0.05, 0.1) is 11.1 Å². The number of rotatable bonds is 4. The van der Waals surface area contributed by atoms with E-state index in [-0.39, 0.29) is 28.2 Å². The number of fused-ring (bicyclic) bond motifs is 1. The first-order chi connectivity index (χ1) is 14.3. The summed E-state index contributed by atoms with van der Waals surface area (Å²) in [4.78, 5) is 14.6. The van der Waals surface area contributed by atoms with Gasteiger partial charge in [0.25, 0.3) is 0 Å². The number of phenolic OH excluding ortho intramolecular Hbond substituents is 3. The van der Waals surface area contributed by atoms with Crippen LogP contribution >= 0.6 is 11.6 Å². The molecule has 4 rings (SSSR count). The topological polar surface area (TPSA) is 136 Å². The number of nitrogens with zero attached hydrogens (tertiary/aromatic N) is 2. The van der Waals surface area contributed by atoms with E-state index in [1.165, 1.54) is 6.07 Å². The lowest BCUT2D eigenvalue weighted by Gasteiger charge is -2.29. The average Bonchev–Trinajstić information content (AvgIpc) is 3.14. The molecule has 0 unspecified atom stereocenters. The summed E-state index contributed by atoms with van der Waals surface area (Å²) in [5.74, 6) is -0.404. The van der Waals surface area contributed by atoms with Crippen molar-refractivity contribution >= 4 is 17.5 Å². The van der Waals surface area contributed by atoms with E-state index in [4.69, 9.17) is 17.3 Å². The monoisotopic (exact) mass is 428 g/mol. The van der Waals surface area contributed by atoms with Crippen LogP contribution in [0.2, 0.25) is 5.02 Å². The number of aromatic hydroxyl groups is 3. The van der Waals surface area contributed by atoms with Gasteiger partial charge in [-0.1, -0.05) is 23.7 Å². The normalized spacial score (nSPS) is 14.4. The van der Waals surface area contributed by atoms with E-state index in [0.29, 0.717) is 37.2 Å². The minimum absolute atomic E-state index is 0.0965. The predicted molar refractivity (Wildman–Crippen MR) is 111 cm³/mol. The first-order valence-corrected chi connectivity index (χ1v) is 9.81. The maximum absolute atomic E-state index is 12.9. The van der Waals surface area contributed by atoms with Gasteiger partial charge in [0.15, 0.2) is 0 Å². The first kappa shape index (κ1) is 20.1. The van der Waals surface area contributed by atoms with Gasteiger partial charge in [-0.25, -0.2) is 0 Å². The zero-order chi connectivity index (χ0) is 21.4. The zero-order valence-corrected chi connectivity index (χ0v) is 16.7. The summed E-state index contributed by atoms with van der Waals surface area (Å²) in [5.41, 5.74) is 9.54. The van der Waals surface area contributed by atoms with Crippen molar-refractivity contribution in [3.63, 3.8) is 0 Å². The second kappa shape index (κ2) is 7.89. The van der Waals surface area contributed by atoms with E-state index in [9.17, 15) is 20.1 Å². The van der Waals surface area contributed by atoms with E-state index in [1.54, 1.807) is 29.2 Å². The summed E-state index contributed by atoms with van der Waals surface area (Å²) < 4.78 is 0. The van der Waals surface area contributed by atoms with Crippen LogP contribution in [0.4, 0.5) is 0 Å². The first-order valence-electron chi connectivity index (χ1n) is 9.43. The summed E-state index contributed by atoms with van der Waals surface area (Å²) in [6.45, 7) is 0.792. The van der Waals surface area contributed by atoms with Gasteiger partial charge in [0.1, 0.15) is 22.9 Å². The summed E-state index contributed by atoms with van der Waals surface area (Å²) >= 11 is 6.00. The molecule has 0 aliphatic carbocycles. The van der Waals surface area contributed by atoms with E-state index < -0.39 is 6.04 Å². The smallest absolute Gasteiger partial charge is 0.240 e. The van der Waals surface area contributed by atoms with Gasteiger partial charge in [0, 0.05) is 42.4 Å². The number of carbonyl (C=O) groups excluding carboxylic acids is 1. The van der Waals surface area contributed by atoms with Crippen molar-refractivity contribution in [3.8, 4) is 28.5 Å². The highest BCUT2D eigenvalue weighted by Crippen LogP contribution is 2.39. The number of halogens is 1. The highest BCUT2D eigenvalue weighted by Gasteiger charge is 2.29. The van der Waals surface area contributed by atoms with Gasteiger partial charge in [-0.2, -0.15) is 5.10 Å². The Morgan fingerprint density at radius 3 is 2.67 bits per heavy atom. The zero-order valence-electron chi connectivity index (χ0n) is 16.0. The molecule has 1 amide bonds. The lowest BCUT2D eigenvalue weighted by molar-refractivity contribution is -0.133. The van der Waals surface area contributed by atoms with Crippen LogP contribution in [0.15, 0.2) is 36.4 Å². The fourth-order valence-corrected chi connectivity index (χ4v) is 3.82. The van der Waals surface area contributed by atoms with Crippen LogP contribution in [0.25, 0.3) is 11.3 Å². The highest BCUT2D eigenvalue weighted by atomic mass is 35.5. The average molecular weight is 429 g/mol. The molecule has 1 aliphatic heterocycles. The van der Waals surface area contributed by atoms with Crippen molar-refractivity contribution in [2.45, 2.75) is 25.4 Å². The molecule has 0 bridgehead atoms. The number of aromatic nitrogens is 2. The second-order valence-electron chi connectivity index (χ2n) is 7.34. The molecule has 0 fully saturated rings. The lowest BCUT2D eigenvalue weighted by atomic mass is 9.99. The Morgan fingerprint density at radius 1 is 1.20 bits per heavy atom. The number of amides is 1. The third kappa shape index (κ3) is 3.79. The minimum atomic E-state index is -0.719. The number of phenols is 3. The molecule has 0 radical (unpaired) electrons. The molecule has 0 spiro atoms. The number of nitrogens with one attached hydrogen (secondary N) is 1. The Morgan fingerprint density at radius 2 is 1.93 bits per heavy atom. The Bertz CT molecular complexity index is 1100. The molecule has 6 N–H and O–H groups in total. The van der Waals surface area contributed by atoms with Crippen LogP contribution in [-0.2, 0) is 24.2 Å². The molecule has 1 aromatic heterocycles. The lowest BCUT2D eigenvalue weighted by Crippen LogP contribution is -2.46. The van der Waals surface area contributed by atoms with Gasteiger partial charge in [0.2, 0.25) is 5.91 Å². The number of H-pyrrole nitrogens is 1. The summed E-state index contributed by atoms with van der Waals surface area (Å²) in [5, 5.41) is 36.7. The van der Waals surface area contributed by atoms with Crippen LogP contribution in [0.3, 0.4) is 0 Å². The molecule has 0 saturated carbocycles. The minimum Gasteiger partial charge on any atom is -0.508 e. The van der Waals surface area contributed by atoms with Crippen molar-refractivity contribution in [1.29, 1.82) is 0 Å². The standard InChI is InChI=1S/C21H21ClN4O4/c22-15-8-13(18(28)9-19(15)29)20-14-10-26(6-5-17(14)24-25-20)21(30)16(23)7-11-1-3-12(27)4-2-11/h1-4,8-9,16,27-29H,5-7,10,23H2,(H,24,25)/t16-/m0/s1. The number of benzene rings is 2. The number of hydrogen-bond donors (Lipinski definition) is 5. The Labute approximate surface area is 177 Å². The number of aromatic amines is 1. The van der Waals surface area contributed by atoms with Crippen molar-refractivity contribution in [2.75, 3.05) is 6.54 Å². The summed E-state index contributed by atoms with van der Waals surface area (Å²) in [7, 11) is 0. The van der Waals surface area contributed by atoms with Crippen LogP contribution in [-0.4, -0.2) is 48.9 Å². The number of hydrogen-bond acceptors (Lipinski definition) is 6. The molecule has 0 saturated heterocycles. The van der Waals surface area contributed by atoms with Gasteiger partial charge >= 0.3 is 0 Å². The Balaban J connectivity index is 1.55. The number of nitrogens with two attached hydrogens (primary N) is 1. The quantitative estimate of drug-likeness (QED) is 0.432. The molecule has 30 heavy (non-hydrogen) atoms. The van der Waals surface area contributed by atoms with Crippen LogP contribution in [0, 0.1) is 0 Å². The molecule has 1 atom stereocenters. The van der Waals surface area contributed by atoms with Crippen molar-refractivity contribution in [2.24, 2.45) is 5.73 Å². The highest BCUT2D eigenvalue weighted by molar-refractivity contribution is 6.32. The molecular weight excluding hydrogens is 408 g/mol. The molecule has 1 aliphatic rings. The van der Waals surface area contributed by atoms with Gasteiger partial charge in [-0.3, -0.25) is 9.89 Å². The SMILES string of the molecule is N[C@@H](Cc1ccc(O)cc1)C(=O)N1CCc2[nH]nc(-c3cc(Cl)c(O)cc3O)c2C1. The molecule has 156 valence electrons. The number of carbonyl (C=O) groups is 1. The summed E-state index contributed by atoms with van der Waals surface area (Å²) in [6, 6.07) is 8.49. The third-order valence-electron chi connectivity index (χ3n) is 5.27. The van der Waals surface area contributed by atoms with Crippen LogP contribution < -0.4 is 5.73 Å². The van der Waals surface area contributed by atoms with Gasteiger partial charge in [-0.15, -0.1) is 0 Å². The Hall–Kier alpha value is -3.23. The molecule has 8 nitrogen and oxygen atoms in total. The molecular formula is C21H21ClN4O4. The predicted octanol–water partition coefficient (Wildman–Crippen LogP) is 2.30. The maximum atomic E-state index is 12.9. The summed E-state index contributed by atoms with van der Waals surface area (Å²) in [6.07, 6.45) is 0.932. The molecule has 9 heteroatoms. The van der Waals surface area contributed by atoms with Gasteiger partial charge < -0.3 is 26.0 Å². The van der Waals surface area contributed by atoms with Crippen molar-refractivity contribution in [1.82, 2.24) is 15.1 Å². The van der Waals surface area contributed by atoms with E-state index in [2.05, 4.69) is 10.2 Å². The third-order valence-corrected chi connectivity index (χ3v) is 5.58. The van der Waals surface area contributed by atoms with E-state index >= 15 is 0 Å². The van der Waals surface area contributed by atoms with E-state index in [1.807, 2.05) is 0 Å². The fraction of sp³-hybridized carbons (Fsp3) is 0.238. The Kier molecular flexibility index (Phi) is 5.27. The molecule has 2 heterocycles. The van der Waals surface area contributed by atoms with Crippen LogP contribution in [0.1, 0.15) is 16.8 Å². The molecule has 3 aromatic rings. The van der Waals surface area contributed by atoms with E-state index in [0.717, 1.165) is 22.9 Å². The van der Waals surface area contributed by atoms with Crippen molar-refractivity contribution in [3.05, 3.63) is 58.2 Å². The fourth-order valence-electron chi connectivity index (χ4n) is 3.65. The van der Waals surface area contributed by atoms with Crippen molar-refractivity contribution < 1.29 is 20.1 Å². The molecule has 2 aromatic carbocycles. The van der Waals surface area contributed by atoms with Crippen LogP contribution in [0.5, 0.6) is 17.2 Å². The maximum Gasteiger partial charge on any atom is 0.240 e. The second-order valence-corrected chi connectivity index (χ2v) is 7.74.